The highest BCUT2D eigenvalue weighted by Crippen LogP contribution is 2.29. The lowest BCUT2D eigenvalue weighted by Crippen LogP contribution is -2.26. The van der Waals surface area contributed by atoms with Gasteiger partial charge in [0.15, 0.2) is 0 Å². The van der Waals surface area contributed by atoms with Gasteiger partial charge in [0, 0.05) is 0 Å². The van der Waals surface area contributed by atoms with Crippen molar-refractivity contribution < 1.29 is 0 Å². The standard InChI is InChI=1S/C16H29N/c1-14-7-9-15(10-8-14)11-12-17-13-16-5-3-2-4-6-16/h2-3,14-17H,4-13H2,1H3. The Hall–Kier alpha value is -0.300. The van der Waals surface area contributed by atoms with Crippen LogP contribution in [0.3, 0.4) is 0 Å². The molecule has 98 valence electrons. The maximum absolute atomic E-state index is 3.68. The van der Waals surface area contributed by atoms with E-state index >= 15 is 0 Å². The Bertz CT molecular complexity index is 226. The van der Waals surface area contributed by atoms with E-state index in [9.17, 15) is 0 Å². The first-order valence-electron chi connectivity index (χ1n) is 7.70. The molecule has 0 heterocycles. The quantitative estimate of drug-likeness (QED) is 0.557. The molecule has 0 saturated heterocycles. The maximum Gasteiger partial charge on any atom is -0.00174 e. The van der Waals surface area contributed by atoms with Gasteiger partial charge in [0.1, 0.15) is 0 Å². The molecule has 0 aliphatic heterocycles. The minimum absolute atomic E-state index is 0.909. The van der Waals surface area contributed by atoms with Crippen LogP contribution in [-0.4, -0.2) is 13.1 Å². The van der Waals surface area contributed by atoms with E-state index < -0.39 is 0 Å². The Morgan fingerprint density at radius 3 is 2.53 bits per heavy atom. The maximum atomic E-state index is 3.68. The van der Waals surface area contributed by atoms with Crippen LogP contribution in [0.5, 0.6) is 0 Å². The van der Waals surface area contributed by atoms with Gasteiger partial charge in [-0.25, -0.2) is 0 Å². The SMILES string of the molecule is CC1CCC(CCNCC2CC=CCC2)CC1. The molecule has 1 saturated carbocycles. The Labute approximate surface area is 107 Å². The van der Waals surface area contributed by atoms with Crippen LogP contribution < -0.4 is 5.32 Å². The number of hydrogen-bond donors (Lipinski definition) is 1. The molecule has 1 N–H and O–H groups in total. The molecule has 0 amide bonds. The summed E-state index contributed by atoms with van der Waals surface area (Å²) < 4.78 is 0. The van der Waals surface area contributed by atoms with Crippen LogP contribution in [0.4, 0.5) is 0 Å². The molecule has 17 heavy (non-hydrogen) atoms. The highest BCUT2D eigenvalue weighted by molar-refractivity contribution is 4.90. The molecule has 0 aromatic heterocycles. The second kappa shape index (κ2) is 7.20. The molecular formula is C16H29N. The van der Waals surface area contributed by atoms with Crippen molar-refractivity contribution >= 4 is 0 Å². The molecule has 2 aliphatic carbocycles. The first-order valence-corrected chi connectivity index (χ1v) is 7.70. The van der Waals surface area contributed by atoms with E-state index in [1.807, 2.05) is 0 Å². The predicted molar refractivity (Wildman–Crippen MR) is 75.1 cm³/mol. The molecule has 0 aromatic carbocycles. The smallest absolute Gasteiger partial charge is 0.00174 e. The molecule has 0 spiro atoms. The third-order valence-electron chi connectivity index (χ3n) is 4.68. The largest absolute Gasteiger partial charge is 0.316 e. The molecule has 1 atom stereocenters. The van der Waals surface area contributed by atoms with Crippen LogP contribution in [-0.2, 0) is 0 Å². The first-order chi connectivity index (χ1) is 8.34. The molecule has 1 nitrogen and oxygen atoms in total. The van der Waals surface area contributed by atoms with Crippen LogP contribution in [0.2, 0.25) is 0 Å². The minimum Gasteiger partial charge on any atom is -0.316 e. The summed E-state index contributed by atoms with van der Waals surface area (Å²) in [6.07, 6.45) is 16.0. The zero-order valence-electron chi connectivity index (χ0n) is 11.5. The summed E-state index contributed by atoms with van der Waals surface area (Å²) in [5, 5.41) is 3.68. The lowest BCUT2D eigenvalue weighted by Gasteiger charge is -2.26. The highest BCUT2D eigenvalue weighted by Gasteiger charge is 2.17. The van der Waals surface area contributed by atoms with Gasteiger partial charge >= 0.3 is 0 Å². The van der Waals surface area contributed by atoms with Crippen molar-refractivity contribution in [2.24, 2.45) is 17.8 Å². The summed E-state index contributed by atoms with van der Waals surface area (Å²) in [7, 11) is 0. The third-order valence-corrected chi connectivity index (χ3v) is 4.68. The molecular weight excluding hydrogens is 206 g/mol. The van der Waals surface area contributed by atoms with Crippen molar-refractivity contribution in [2.75, 3.05) is 13.1 Å². The van der Waals surface area contributed by atoms with Crippen molar-refractivity contribution in [3.63, 3.8) is 0 Å². The summed E-state index contributed by atoms with van der Waals surface area (Å²) in [5.74, 6) is 2.92. The molecule has 0 aromatic rings. The van der Waals surface area contributed by atoms with Gasteiger partial charge in [0.2, 0.25) is 0 Å². The van der Waals surface area contributed by atoms with Crippen LogP contribution in [0, 0.1) is 17.8 Å². The topological polar surface area (TPSA) is 12.0 Å². The number of rotatable bonds is 5. The summed E-state index contributed by atoms with van der Waals surface area (Å²) in [6, 6.07) is 0. The molecule has 1 unspecified atom stereocenters. The molecule has 2 aliphatic rings. The van der Waals surface area contributed by atoms with Crippen LogP contribution in [0.15, 0.2) is 12.2 Å². The van der Waals surface area contributed by atoms with Gasteiger partial charge in [-0.2, -0.15) is 0 Å². The fourth-order valence-corrected chi connectivity index (χ4v) is 3.27. The van der Waals surface area contributed by atoms with Gasteiger partial charge in [-0.3, -0.25) is 0 Å². The minimum atomic E-state index is 0.909. The van der Waals surface area contributed by atoms with Crippen LogP contribution in [0.1, 0.15) is 58.3 Å². The second-order valence-corrected chi connectivity index (χ2v) is 6.27. The van der Waals surface area contributed by atoms with Gasteiger partial charge < -0.3 is 5.32 Å². The zero-order chi connectivity index (χ0) is 11.9. The van der Waals surface area contributed by atoms with Gasteiger partial charge in [0.05, 0.1) is 0 Å². The van der Waals surface area contributed by atoms with Gasteiger partial charge in [-0.05, 0) is 56.5 Å². The fraction of sp³-hybridized carbons (Fsp3) is 0.875. The van der Waals surface area contributed by atoms with E-state index in [2.05, 4.69) is 24.4 Å². The van der Waals surface area contributed by atoms with Crippen molar-refractivity contribution in [1.82, 2.24) is 5.32 Å². The second-order valence-electron chi connectivity index (χ2n) is 6.27. The van der Waals surface area contributed by atoms with Crippen LogP contribution >= 0.6 is 0 Å². The van der Waals surface area contributed by atoms with E-state index in [0.717, 1.165) is 17.8 Å². The monoisotopic (exact) mass is 235 g/mol. The molecule has 2 rings (SSSR count). The van der Waals surface area contributed by atoms with E-state index in [1.54, 1.807) is 0 Å². The van der Waals surface area contributed by atoms with Crippen molar-refractivity contribution in [1.29, 1.82) is 0 Å². The molecule has 0 bridgehead atoms. The number of nitrogens with one attached hydrogen (secondary N) is 1. The van der Waals surface area contributed by atoms with Gasteiger partial charge in [-0.1, -0.05) is 44.8 Å². The third kappa shape index (κ3) is 4.83. The van der Waals surface area contributed by atoms with E-state index in [0.29, 0.717) is 0 Å². The van der Waals surface area contributed by atoms with Crippen molar-refractivity contribution in [3.05, 3.63) is 12.2 Å². The van der Waals surface area contributed by atoms with Gasteiger partial charge in [-0.15, -0.1) is 0 Å². The van der Waals surface area contributed by atoms with E-state index in [4.69, 9.17) is 0 Å². The van der Waals surface area contributed by atoms with Crippen LogP contribution in [0.25, 0.3) is 0 Å². The number of hydrogen-bond acceptors (Lipinski definition) is 1. The molecule has 0 radical (unpaired) electrons. The summed E-state index contributed by atoms with van der Waals surface area (Å²) in [5.41, 5.74) is 0. The zero-order valence-corrected chi connectivity index (χ0v) is 11.5. The predicted octanol–water partition coefficient (Wildman–Crippen LogP) is 4.15. The van der Waals surface area contributed by atoms with Gasteiger partial charge in [0.25, 0.3) is 0 Å². The summed E-state index contributed by atoms with van der Waals surface area (Å²) >= 11 is 0. The Morgan fingerprint density at radius 2 is 1.82 bits per heavy atom. The first kappa shape index (κ1) is 13.1. The van der Waals surface area contributed by atoms with Crippen molar-refractivity contribution in [2.45, 2.75) is 58.3 Å². The summed E-state index contributed by atoms with van der Waals surface area (Å²) in [4.78, 5) is 0. The Kier molecular flexibility index (Phi) is 5.57. The van der Waals surface area contributed by atoms with E-state index in [-0.39, 0.29) is 0 Å². The average molecular weight is 235 g/mol. The van der Waals surface area contributed by atoms with E-state index in [1.165, 1.54) is 64.5 Å². The normalized spacial score (nSPS) is 33.8. The average Bonchev–Trinajstić information content (AvgIpc) is 2.38. The highest BCUT2D eigenvalue weighted by atomic mass is 14.9. The number of allylic oxidation sites excluding steroid dienone is 2. The molecule has 1 fully saturated rings. The summed E-state index contributed by atoms with van der Waals surface area (Å²) in [6.45, 7) is 4.90. The lowest BCUT2D eigenvalue weighted by atomic mass is 9.81. The fourth-order valence-electron chi connectivity index (χ4n) is 3.27. The lowest BCUT2D eigenvalue weighted by molar-refractivity contribution is 0.273. The Morgan fingerprint density at radius 1 is 1.00 bits per heavy atom. The molecule has 1 heteroatoms. The Balaban J connectivity index is 1.50. The van der Waals surface area contributed by atoms with Crippen molar-refractivity contribution in [3.8, 4) is 0 Å².